The van der Waals surface area contributed by atoms with E-state index in [1.807, 2.05) is 24.3 Å². The largest absolute Gasteiger partial charge is 0.480 e. The van der Waals surface area contributed by atoms with Crippen LogP contribution in [0.2, 0.25) is 0 Å². The number of nitrogens with one attached hydrogen (secondary N) is 1. The number of carbonyl (C=O) groups is 2. The number of benzene rings is 1. The van der Waals surface area contributed by atoms with Crippen molar-refractivity contribution in [1.29, 1.82) is 0 Å². The minimum Gasteiger partial charge on any atom is -0.480 e. The van der Waals surface area contributed by atoms with Crippen molar-refractivity contribution in [2.24, 2.45) is 0 Å². The van der Waals surface area contributed by atoms with Gasteiger partial charge >= 0.3 is 5.97 Å². The average molecular weight is 309 g/mol. The van der Waals surface area contributed by atoms with Crippen molar-refractivity contribution < 1.29 is 19.4 Å². The van der Waals surface area contributed by atoms with Crippen molar-refractivity contribution >= 4 is 23.6 Å². The number of ether oxygens (including phenoxy) is 1. The number of fused-ring (bicyclic) bond motifs is 1. The molecule has 1 aromatic rings. The lowest BCUT2D eigenvalue weighted by molar-refractivity contribution is -0.142. The third-order valence-corrected chi connectivity index (χ3v) is 4.70. The maximum Gasteiger partial charge on any atom is 0.326 e. The Bertz CT molecular complexity index is 520. The molecule has 0 aliphatic carbocycles. The Labute approximate surface area is 128 Å². The smallest absolute Gasteiger partial charge is 0.326 e. The molecule has 0 aromatic heterocycles. The van der Waals surface area contributed by atoms with E-state index in [1.165, 1.54) is 12.7 Å². The highest BCUT2D eigenvalue weighted by molar-refractivity contribution is 8.00. The standard InChI is InChI=1S/C15H19NO4S/c1-20-8-6-12(15(18)19)16-14(17)13-11-5-3-2-4-10(11)7-9-21-13/h2-5,12-13H,6-9H2,1H3,(H,16,17)(H,18,19). The minimum absolute atomic E-state index is 0.240. The molecule has 5 nitrogen and oxygen atoms in total. The molecule has 1 aliphatic heterocycles. The Hall–Kier alpha value is -1.53. The average Bonchev–Trinajstić information content (AvgIpc) is 2.50. The summed E-state index contributed by atoms with van der Waals surface area (Å²) in [4.78, 5) is 23.6. The van der Waals surface area contributed by atoms with Crippen LogP contribution in [0.15, 0.2) is 24.3 Å². The van der Waals surface area contributed by atoms with E-state index in [-0.39, 0.29) is 17.6 Å². The number of carboxylic acids is 1. The number of hydrogen-bond donors (Lipinski definition) is 2. The van der Waals surface area contributed by atoms with Gasteiger partial charge in [0.2, 0.25) is 5.91 Å². The van der Waals surface area contributed by atoms with E-state index >= 15 is 0 Å². The first-order chi connectivity index (χ1) is 10.1. The molecule has 1 heterocycles. The second-order valence-electron chi connectivity index (χ2n) is 4.88. The van der Waals surface area contributed by atoms with E-state index in [0.29, 0.717) is 6.61 Å². The molecule has 6 heteroatoms. The minimum atomic E-state index is -1.03. The zero-order chi connectivity index (χ0) is 15.2. The summed E-state index contributed by atoms with van der Waals surface area (Å²) in [5.74, 6) is -0.407. The third kappa shape index (κ3) is 3.98. The van der Waals surface area contributed by atoms with Gasteiger partial charge in [-0.3, -0.25) is 4.79 Å². The van der Waals surface area contributed by atoms with Crippen LogP contribution in [0.4, 0.5) is 0 Å². The van der Waals surface area contributed by atoms with Crippen LogP contribution in [-0.4, -0.2) is 42.5 Å². The first kappa shape index (κ1) is 15.9. The number of thioether (sulfide) groups is 1. The number of amides is 1. The molecule has 0 fully saturated rings. The van der Waals surface area contributed by atoms with Gasteiger partial charge in [0.25, 0.3) is 0 Å². The predicted molar refractivity (Wildman–Crippen MR) is 81.4 cm³/mol. The fraction of sp³-hybridized carbons (Fsp3) is 0.467. The first-order valence-electron chi connectivity index (χ1n) is 6.85. The summed E-state index contributed by atoms with van der Waals surface area (Å²) in [6.45, 7) is 0.297. The number of aliphatic carboxylic acids is 1. The van der Waals surface area contributed by atoms with Crippen LogP contribution in [0.1, 0.15) is 22.8 Å². The van der Waals surface area contributed by atoms with Crippen LogP contribution in [-0.2, 0) is 20.7 Å². The van der Waals surface area contributed by atoms with Gasteiger partial charge in [0.05, 0.1) is 0 Å². The van der Waals surface area contributed by atoms with Crippen molar-refractivity contribution in [3.63, 3.8) is 0 Å². The quantitative estimate of drug-likeness (QED) is 0.835. The normalized spacial score (nSPS) is 18.6. The summed E-state index contributed by atoms with van der Waals surface area (Å²) in [6, 6.07) is 6.92. The molecule has 2 N–H and O–H groups in total. The van der Waals surface area contributed by atoms with Crippen LogP contribution in [0.25, 0.3) is 0 Å². The summed E-state index contributed by atoms with van der Waals surface area (Å²) >= 11 is 1.56. The topological polar surface area (TPSA) is 75.6 Å². The number of aryl methyl sites for hydroxylation is 1. The van der Waals surface area contributed by atoms with Crippen LogP contribution >= 0.6 is 11.8 Å². The summed E-state index contributed by atoms with van der Waals surface area (Å²) in [5, 5.41) is 11.5. The van der Waals surface area contributed by atoms with Gasteiger partial charge in [-0.25, -0.2) is 4.79 Å². The molecular weight excluding hydrogens is 290 g/mol. The van der Waals surface area contributed by atoms with E-state index in [0.717, 1.165) is 17.7 Å². The zero-order valence-electron chi connectivity index (χ0n) is 11.9. The summed E-state index contributed by atoms with van der Waals surface area (Å²) in [6.07, 6.45) is 1.20. The molecule has 1 amide bonds. The summed E-state index contributed by atoms with van der Waals surface area (Å²) in [5.41, 5.74) is 2.15. The molecule has 2 atom stereocenters. The molecular formula is C15H19NO4S. The SMILES string of the molecule is COCCC(NC(=O)C1SCCc2ccccc21)C(=O)O. The second-order valence-corrected chi connectivity index (χ2v) is 6.09. The lowest BCUT2D eigenvalue weighted by Gasteiger charge is -2.25. The van der Waals surface area contributed by atoms with Crippen molar-refractivity contribution in [2.45, 2.75) is 24.1 Å². The number of carbonyl (C=O) groups excluding carboxylic acids is 1. The Morgan fingerprint density at radius 1 is 1.48 bits per heavy atom. The van der Waals surface area contributed by atoms with Gasteiger partial charge in [-0.15, -0.1) is 11.8 Å². The van der Waals surface area contributed by atoms with Gasteiger partial charge < -0.3 is 15.2 Å². The summed E-state index contributed by atoms with van der Waals surface area (Å²) in [7, 11) is 1.51. The molecule has 1 aromatic carbocycles. The molecule has 0 radical (unpaired) electrons. The fourth-order valence-electron chi connectivity index (χ4n) is 2.35. The van der Waals surface area contributed by atoms with Crippen LogP contribution in [0.3, 0.4) is 0 Å². The van der Waals surface area contributed by atoms with Gasteiger partial charge in [0.15, 0.2) is 0 Å². The van der Waals surface area contributed by atoms with Gasteiger partial charge in [0.1, 0.15) is 11.3 Å². The van der Waals surface area contributed by atoms with Gasteiger partial charge in [-0.2, -0.15) is 0 Å². The van der Waals surface area contributed by atoms with Gasteiger partial charge in [-0.05, 0) is 23.3 Å². The fourth-order valence-corrected chi connectivity index (χ4v) is 3.55. The van der Waals surface area contributed by atoms with Crippen molar-refractivity contribution in [1.82, 2.24) is 5.32 Å². The highest BCUT2D eigenvalue weighted by Crippen LogP contribution is 2.36. The lowest BCUT2D eigenvalue weighted by atomic mass is 10.0. The molecule has 21 heavy (non-hydrogen) atoms. The van der Waals surface area contributed by atoms with E-state index in [9.17, 15) is 9.59 Å². The van der Waals surface area contributed by atoms with E-state index < -0.39 is 12.0 Å². The van der Waals surface area contributed by atoms with E-state index in [2.05, 4.69) is 5.32 Å². The van der Waals surface area contributed by atoms with Crippen LogP contribution in [0, 0.1) is 0 Å². The molecule has 0 spiro atoms. The molecule has 0 saturated carbocycles. The van der Waals surface area contributed by atoms with Gasteiger partial charge in [0, 0.05) is 20.1 Å². The number of rotatable bonds is 6. The predicted octanol–water partition coefficient (Wildman–Crippen LogP) is 1.62. The maximum absolute atomic E-state index is 12.4. The highest BCUT2D eigenvalue weighted by Gasteiger charge is 2.29. The molecule has 114 valence electrons. The number of methoxy groups -OCH3 is 1. The number of hydrogen-bond acceptors (Lipinski definition) is 4. The zero-order valence-corrected chi connectivity index (χ0v) is 12.7. The highest BCUT2D eigenvalue weighted by atomic mass is 32.2. The second kappa shape index (κ2) is 7.47. The number of carboxylic acid groups (broad SMARTS) is 1. The summed E-state index contributed by atoms with van der Waals surface area (Å²) < 4.78 is 4.89. The molecule has 2 unspecified atom stereocenters. The Kier molecular flexibility index (Phi) is 5.64. The van der Waals surface area contributed by atoms with Gasteiger partial charge in [-0.1, -0.05) is 24.3 Å². The Balaban J connectivity index is 2.08. The van der Waals surface area contributed by atoms with Crippen LogP contribution in [0.5, 0.6) is 0 Å². The molecule has 0 saturated heterocycles. The monoisotopic (exact) mass is 309 g/mol. The van der Waals surface area contributed by atoms with Crippen molar-refractivity contribution in [3.05, 3.63) is 35.4 Å². The molecule has 0 bridgehead atoms. The first-order valence-corrected chi connectivity index (χ1v) is 7.90. The molecule has 1 aliphatic rings. The molecule has 2 rings (SSSR count). The van der Waals surface area contributed by atoms with Crippen LogP contribution < -0.4 is 5.32 Å². The third-order valence-electron chi connectivity index (χ3n) is 3.46. The van der Waals surface area contributed by atoms with Crippen molar-refractivity contribution in [2.75, 3.05) is 19.5 Å². The van der Waals surface area contributed by atoms with Crippen molar-refractivity contribution in [3.8, 4) is 0 Å². The Morgan fingerprint density at radius 3 is 2.95 bits per heavy atom. The maximum atomic E-state index is 12.4. The van der Waals surface area contributed by atoms with E-state index in [4.69, 9.17) is 9.84 Å². The van der Waals surface area contributed by atoms with E-state index in [1.54, 1.807) is 11.8 Å². The lowest BCUT2D eigenvalue weighted by Crippen LogP contribution is -2.43. The Morgan fingerprint density at radius 2 is 2.24 bits per heavy atom.